The van der Waals surface area contributed by atoms with Gasteiger partial charge in [0.1, 0.15) is 0 Å². The van der Waals surface area contributed by atoms with Gasteiger partial charge in [-0.05, 0) is 38.8 Å². The minimum Gasteiger partial charge on any atom is -0.308 e. The maximum atomic E-state index is 12.5. The number of ketones is 1. The van der Waals surface area contributed by atoms with Crippen molar-refractivity contribution < 1.29 is 4.79 Å². The van der Waals surface area contributed by atoms with Gasteiger partial charge in [0.15, 0.2) is 5.78 Å². The average molecular weight is 261 g/mol. The molecule has 1 unspecified atom stereocenters. The van der Waals surface area contributed by atoms with E-state index in [4.69, 9.17) is 0 Å². The van der Waals surface area contributed by atoms with E-state index >= 15 is 0 Å². The third kappa shape index (κ3) is 4.46. The van der Waals surface area contributed by atoms with E-state index in [1.165, 1.54) is 5.56 Å². The van der Waals surface area contributed by atoms with Crippen LogP contribution in [0, 0.1) is 5.41 Å². The number of benzene rings is 1. The van der Waals surface area contributed by atoms with Crippen LogP contribution in [0.25, 0.3) is 0 Å². The van der Waals surface area contributed by atoms with E-state index in [-0.39, 0.29) is 11.2 Å². The van der Waals surface area contributed by atoms with E-state index in [9.17, 15) is 4.79 Å². The van der Waals surface area contributed by atoms with Gasteiger partial charge in [0.2, 0.25) is 0 Å². The van der Waals surface area contributed by atoms with E-state index in [1.54, 1.807) is 0 Å². The Bertz CT molecular complexity index is 405. The molecule has 0 bridgehead atoms. The van der Waals surface area contributed by atoms with Crippen molar-refractivity contribution in [3.63, 3.8) is 0 Å². The van der Waals surface area contributed by atoms with Gasteiger partial charge in [0.05, 0.1) is 5.54 Å². The molecule has 0 aliphatic carbocycles. The lowest BCUT2D eigenvalue weighted by Crippen LogP contribution is -2.52. The molecular weight excluding hydrogens is 234 g/mol. The molecule has 0 aromatic heterocycles. The molecule has 0 spiro atoms. The van der Waals surface area contributed by atoms with Crippen molar-refractivity contribution >= 4 is 5.78 Å². The average Bonchev–Trinajstić information content (AvgIpc) is 2.38. The number of rotatable bonds is 6. The molecule has 0 aliphatic heterocycles. The summed E-state index contributed by atoms with van der Waals surface area (Å²) in [5.74, 6) is 0.288. The Balaban J connectivity index is 2.60. The Morgan fingerprint density at radius 1 is 1.11 bits per heavy atom. The summed E-state index contributed by atoms with van der Waals surface area (Å²) in [7, 11) is 1.88. The van der Waals surface area contributed by atoms with Crippen LogP contribution < -0.4 is 5.32 Å². The minimum absolute atomic E-state index is 0.288. The number of carbonyl (C=O) groups is 1. The maximum Gasteiger partial charge on any atom is 0.157 e. The fourth-order valence-electron chi connectivity index (χ4n) is 2.47. The van der Waals surface area contributed by atoms with Crippen molar-refractivity contribution in [1.82, 2.24) is 5.32 Å². The van der Waals surface area contributed by atoms with Crippen molar-refractivity contribution in [1.29, 1.82) is 0 Å². The quantitative estimate of drug-likeness (QED) is 0.847. The van der Waals surface area contributed by atoms with Crippen LogP contribution in [-0.4, -0.2) is 18.4 Å². The van der Waals surface area contributed by atoms with Crippen molar-refractivity contribution in [2.24, 2.45) is 5.41 Å². The number of likely N-dealkylation sites (N-methyl/N-ethyl adjacent to an activating group) is 1. The van der Waals surface area contributed by atoms with E-state index in [0.29, 0.717) is 0 Å². The summed E-state index contributed by atoms with van der Waals surface area (Å²) < 4.78 is 0. The molecule has 2 heteroatoms. The van der Waals surface area contributed by atoms with Crippen LogP contribution >= 0.6 is 0 Å². The van der Waals surface area contributed by atoms with Gasteiger partial charge in [-0.3, -0.25) is 4.79 Å². The van der Waals surface area contributed by atoms with Gasteiger partial charge >= 0.3 is 0 Å². The second-order valence-corrected chi connectivity index (χ2v) is 6.50. The highest BCUT2D eigenvalue weighted by molar-refractivity contribution is 5.92. The Labute approximate surface area is 117 Å². The molecule has 0 fully saturated rings. The van der Waals surface area contributed by atoms with Crippen LogP contribution in [0.1, 0.15) is 46.1 Å². The van der Waals surface area contributed by atoms with E-state index in [0.717, 1.165) is 19.3 Å². The number of aryl methyl sites for hydroxylation is 1. The van der Waals surface area contributed by atoms with Crippen LogP contribution in [0.5, 0.6) is 0 Å². The molecule has 1 rings (SSSR count). The van der Waals surface area contributed by atoms with Gasteiger partial charge in [-0.15, -0.1) is 0 Å². The lowest BCUT2D eigenvalue weighted by Gasteiger charge is -2.34. The van der Waals surface area contributed by atoms with Crippen molar-refractivity contribution in [2.75, 3.05) is 7.05 Å². The SMILES string of the molecule is CNC(C)(CCCc1ccccc1)C(=O)C(C)(C)C. The fourth-order valence-corrected chi connectivity index (χ4v) is 2.47. The summed E-state index contributed by atoms with van der Waals surface area (Å²) in [6, 6.07) is 10.4. The molecule has 0 amide bonds. The summed E-state index contributed by atoms with van der Waals surface area (Å²) in [5, 5.41) is 3.22. The summed E-state index contributed by atoms with van der Waals surface area (Å²) >= 11 is 0. The summed E-state index contributed by atoms with van der Waals surface area (Å²) in [5.41, 5.74) is 0.613. The monoisotopic (exact) mass is 261 g/mol. The third-order valence-electron chi connectivity index (χ3n) is 3.72. The standard InChI is InChI=1S/C17H27NO/c1-16(2,3)15(19)17(4,18-5)13-9-12-14-10-7-6-8-11-14/h6-8,10-11,18H,9,12-13H2,1-5H3. The van der Waals surface area contributed by atoms with E-state index < -0.39 is 5.54 Å². The van der Waals surface area contributed by atoms with Crippen LogP contribution in [0.2, 0.25) is 0 Å². The highest BCUT2D eigenvalue weighted by Gasteiger charge is 2.37. The topological polar surface area (TPSA) is 29.1 Å². The molecule has 1 aromatic rings. The fraction of sp³-hybridized carbons (Fsp3) is 0.588. The zero-order valence-electron chi connectivity index (χ0n) is 12.9. The second kappa shape index (κ2) is 6.33. The van der Waals surface area contributed by atoms with Crippen molar-refractivity contribution in [2.45, 2.75) is 52.5 Å². The molecule has 1 N–H and O–H groups in total. The second-order valence-electron chi connectivity index (χ2n) is 6.50. The summed E-state index contributed by atoms with van der Waals surface area (Å²) in [4.78, 5) is 12.5. The zero-order chi connectivity index (χ0) is 14.5. The lowest BCUT2D eigenvalue weighted by atomic mass is 9.76. The maximum absolute atomic E-state index is 12.5. The Morgan fingerprint density at radius 3 is 2.16 bits per heavy atom. The molecule has 19 heavy (non-hydrogen) atoms. The van der Waals surface area contributed by atoms with Gasteiger partial charge in [0.25, 0.3) is 0 Å². The zero-order valence-corrected chi connectivity index (χ0v) is 12.9. The van der Waals surface area contributed by atoms with Gasteiger partial charge in [-0.2, -0.15) is 0 Å². The molecular formula is C17H27NO. The van der Waals surface area contributed by atoms with Crippen LogP contribution in [0.4, 0.5) is 0 Å². The first-order valence-corrected chi connectivity index (χ1v) is 7.07. The normalized spacial score (nSPS) is 15.0. The van der Waals surface area contributed by atoms with E-state index in [1.807, 2.05) is 40.8 Å². The number of hydrogen-bond acceptors (Lipinski definition) is 2. The smallest absolute Gasteiger partial charge is 0.157 e. The van der Waals surface area contributed by atoms with Gasteiger partial charge in [-0.1, -0.05) is 51.1 Å². The first-order valence-electron chi connectivity index (χ1n) is 7.07. The molecule has 0 saturated heterocycles. The van der Waals surface area contributed by atoms with Crippen LogP contribution in [0.15, 0.2) is 30.3 Å². The molecule has 0 saturated carbocycles. The first-order chi connectivity index (χ1) is 8.79. The molecule has 0 heterocycles. The molecule has 0 radical (unpaired) electrons. The first kappa shape index (κ1) is 15.9. The highest BCUT2D eigenvalue weighted by Crippen LogP contribution is 2.26. The predicted molar refractivity (Wildman–Crippen MR) is 81.3 cm³/mol. The number of Topliss-reactive ketones (excluding diaryl/α,β-unsaturated/α-hetero) is 1. The van der Waals surface area contributed by atoms with Gasteiger partial charge in [0, 0.05) is 5.41 Å². The van der Waals surface area contributed by atoms with Crippen molar-refractivity contribution in [3.05, 3.63) is 35.9 Å². The highest BCUT2D eigenvalue weighted by atomic mass is 16.1. The Hall–Kier alpha value is -1.15. The molecule has 2 nitrogen and oxygen atoms in total. The minimum atomic E-state index is -0.424. The number of nitrogens with one attached hydrogen (secondary N) is 1. The largest absolute Gasteiger partial charge is 0.308 e. The summed E-state index contributed by atoms with van der Waals surface area (Å²) in [6.45, 7) is 7.98. The van der Waals surface area contributed by atoms with Gasteiger partial charge < -0.3 is 5.32 Å². The lowest BCUT2D eigenvalue weighted by molar-refractivity contribution is -0.132. The molecule has 1 atom stereocenters. The van der Waals surface area contributed by atoms with Crippen LogP contribution in [-0.2, 0) is 11.2 Å². The summed E-state index contributed by atoms with van der Waals surface area (Å²) in [6.07, 6.45) is 2.91. The Morgan fingerprint density at radius 2 is 1.68 bits per heavy atom. The Kier molecular flexibility index (Phi) is 5.30. The number of hydrogen-bond donors (Lipinski definition) is 1. The third-order valence-corrected chi connectivity index (χ3v) is 3.72. The van der Waals surface area contributed by atoms with Crippen molar-refractivity contribution in [3.8, 4) is 0 Å². The predicted octanol–water partition coefficient (Wildman–Crippen LogP) is 3.60. The molecule has 1 aromatic carbocycles. The van der Waals surface area contributed by atoms with E-state index in [2.05, 4.69) is 29.6 Å². The van der Waals surface area contributed by atoms with Crippen LogP contribution in [0.3, 0.4) is 0 Å². The molecule has 0 aliphatic rings. The number of carbonyl (C=O) groups excluding carboxylic acids is 1. The molecule has 106 valence electrons. The van der Waals surface area contributed by atoms with Gasteiger partial charge in [-0.25, -0.2) is 0 Å².